The van der Waals surface area contributed by atoms with Gasteiger partial charge in [-0.2, -0.15) is 18.4 Å². The third-order valence-electron chi connectivity index (χ3n) is 1.16. The maximum atomic E-state index is 12.0. The SMILES string of the molecule is Cc1sc(C#N)nc1C(F)(F)F. The molecule has 0 aliphatic heterocycles. The molecule has 0 amide bonds. The van der Waals surface area contributed by atoms with Crippen LogP contribution in [0.1, 0.15) is 15.6 Å². The Balaban J connectivity index is 3.19. The third kappa shape index (κ3) is 1.56. The van der Waals surface area contributed by atoms with E-state index in [9.17, 15) is 13.2 Å². The van der Waals surface area contributed by atoms with Crippen molar-refractivity contribution in [1.29, 1.82) is 5.26 Å². The van der Waals surface area contributed by atoms with Crippen molar-refractivity contribution in [2.75, 3.05) is 0 Å². The standard InChI is InChI=1S/C6H3F3N2S/c1-3-5(6(7,8)9)11-4(2-10)12-3/h1H3. The maximum absolute atomic E-state index is 12.0. The summed E-state index contributed by atoms with van der Waals surface area (Å²) in [6.45, 7) is 1.29. The van der Waals surface area contributed by atoms with Crippen molar-refractivity contribution in [2.45, 2.75) is 13.1 Å². The number of alkyl halides is 3. The van der Waals surface area contributed by atoms with E-state index in [2.05, 4.69) is 4.98 Å². The van der Waals surface area contributed by atoms with Gasteiger partial charge in [0, 0.05) is 4.88 Å². The van der Waals surface area contributed by atoms with Gasteiger partial charge in [-0.1, -0.05) is 0 Å². The second-order valence-corrected chi connectivity index (χ2v) is 3.24. The van der Waals surface area contributed by atoms with Gasteiger partial charge in [0.1, 0.15) is 6.07 Å². The number of aryl methyl sites for hydroxylation is 1. The summed E-state index contributed by atoms with van der Waals surface area (Å²) in [5, 5.41) is 8.12. The second kappa shape index (κ2) is 2.75. The molecule has 1 rings (SSSR count). The van der Waals surface area contributed by atoms with Crippen molar-refractivity contribution in [3.8, 4) is 6.07 Å². The summed E-state index contributed by atoms with van der Waals surface area (Å²) < 4.78 is 36.1. The quantitative estimate of drug-likeness (QED) is 0.632. The molecule has 0 saturated carbocycles. The van der Waals surface area contributed by atoms with Crippen molar-refractivity contribution < 1.29 is 13.2 Å². The van der Waals surface area contributed by atoms with Crippen molar-refractivity contribution in [3.63, 3.8) is 0 Å². The first kappa shape index (κ1) is 9.00. The number of rotatable bonds is 0. The summed E-state index contributed by atoms with van der Waals surface area (Å²) in [7, 11) is 0. The van der Waals surface area contributed by atoms with Crippen molar-refractivity contribution in [1.82, 2.24) is 4.98 Å². The van der Waals surface area contributed by atoms with Crippen LogP contribution in [0.2, 0.25) is 0 Å². The number of thiazole rings is 1. The largest absolute Gasteiger partial charge is 0.434 e. The van der Waals surface area contributed by atoms with Crippen LogP contribution in [0.5, 0.6) is 0 Å². The summed E-state index contributed by atoms with van der Waals surface area (Å²) in [6.07, 6.45) is -4.45. The summed E-state index contributed by atoms with van der Waals surface area (Å²) in [5.74, 6) is 0. The molecule has 1 heterocycles. The molecule has 0 bridgehead atoms. The van der Waals surface area contributed by atoms with E-state index in [1.165, 1.54) is 6.92 Å². The van der Waals surface area contributed by atoms with Gasteiger partial charge in [0.2, 0.25) is 0 Å². The van der Waals surface area contributed by atoms with Crippen LogP contribution in [-0.4, -0.2) is 4.98 Å². The van der Waals surface area contributed by atoms with Gasteiger partial charge in [-0.3, -0.25) is 0 Å². The molecule has 0 saturated heterocycles. The first-order valence-corrected chi connectivity index (χ1v) is 3.71. The van der Waals surface area contributed by atoms with Crippen LogP contribution in [0, 0.1) is 18.3 Å². The highest BCUT2D eigenvalue weighted by Crippen LogP contribution is 2.33. The van der Waals surface area contributed by atoms with E-state index in [1.54, 1.807) is 6.07 Å². The average Bonchev–Trinajstić information content (AvgIpc) is 2.29. The molecule has 0 N–H and O–H groups in total. The molecule has 64 valence electrons. The predicted octanol–water partition coefficient (Wildman–Crippen LogP) is 2.34. The van der Waals surface area contributed by atoms with Crippen LogP contribution < -0.4 is 0 Å². The van der Waals surface area contributed by atoms with Crippen molar-refractivity contribution in [3.05, 3.63) is 15.6 Å². The molecule has 0 spiro atoms. The summed E-state index contributed by atoms with van der Waals surface area (Å²) in [4.78, 5) is 3.16. The van der Waals surface area contributed by atoms with E-state index < -0.39 is 11.9 Å². The Morgan fingerprint density at radius 2 is 2.08 bits per heavy atom. The molecule has 0 unspecified atom stereocenters. The zero-order chi connectivity index (χ0) is 9.35. The maximum Gasteiger partial charge on any atom is 0.434 e. The van der Waals surface area contributed by atoms with Crippen molar-refractivity contribution in [2.24, 2.45) is 0 Å². The highest BCUT2D eigenvalue weighted by atomic mass is 32.1. The highest BCUT2D eigenvalue weighted by Gasteiger charge is 2.36. The molecule has 2 nitrogen and oxygen atoms in total. The Hall–Kier alpha value is -1.09. The van der Waals surface area contributed by atoms with Gasteiger partial charge in [0.15, 0.2) is 10.7 Å². The smallest absolute Gasteiger partial charge is 0.221 e. The van der Waals surface area contributed by atoms with Gasteiger partial charge in [0.25, 0.3) is 0 Å². The minimum absolute atomic E-state index is 0.0269. The van der Waals surface area contributed by atoms with E-state index in [0.29, 0.717) is 0 Å². The summed E-state index contributed by atoms with van der Waals surface area (Å²) in [5.41, 5.74) is -0.955. The Morgan fingerprint density at radius 3 is 2.33 bits per heavy atom. The summed E-state index contributed by atoms with van der Waals surface area (Å²) >= 11 is 0.749. The lowest BCUT2D eigenvalue weighted by Crippen LogP contribution is -2.06. The fourth-order valence-electron chi connectivity index (χ4n) is 0.707. The van der Waals surface area contributed by atoms with Crippen molar-refractivity contribution >= 4 is 11.3 Å². The van der Waals surface area contributed by atoms with Gasteiger partial charge >= 0.3 is 6.18 Å². The molecule has 0 aliphatic rings. The number of nitrogens with zero attached hydrogens (tertiary/aromatic N) is 2. The zero-order valence-corrected chi connectivity index (χ0v) is 6.75. The Bertz CT molecular complexity index is 334. The number of halogens is 3. The number of hydrogen-bond donors (Lipinski definition) is 0. The lowest BCUT2D eigenvalue weighted by Gasteiger charge is -2.01. The van der Waals surface area contributed by atoms with Gasteiger partial charge in [0.05, 0.1) is 0 Å². The van der Waals surface area contributed by atoms with E-state index >= 15 is 0 Å². The van der Waals surface area contributed by atoms with Crippen LogP contribution in [0.3, 0.4) is 0 Å². The topological polar surface area (TPSA) is 36.7 Å². The average molecular weight is 192 g/mol. The minimum Gasteiger partial charge on any atom is -0.221 e. The highest BCUT2D eigenvalue weighted by molar-refractivity contribution is 7.12. The molecule has 0 aliphatic carbocycles. The molecule has 0 aromatic carbocycles. The van der Waals surface area contributed by atoms with E-state index in [4.69, 9.17) is 5.26 Å². The predicted molar refractivity (Wildman–Crippen MR) is 36.6 cm³/mol. The van der Waals surface area contributed by atoms with Crippen LogP contribution in [0.4, 0.5) is 13.2 Å². The second-order valence-electron chi connectivity index (χ2n) is 2.03. The van der Waals surface area contributed by atoms with Gasteiger partial charge in [-0.25, -0.2) is 4.98 Å². The Morgan fingerprint density at radius 1 is 1.50 bits per heavy atom. The molecule has 0 atom stereocenters. The molecule has 1 aromatic heterocycles. The van der Waals surface area contributed by atoms with Crippen LogP contribution in [0.15, 0.2) is 0 Å². The first-order chi connectivity index (χ1) is 5.45. The van der Waals surface area contributed by atoms with Gasteiger partial charge in [-0.15, -0.1) is 11.3 Å². The molecule has 0 fully saturated rings. The van der Waals surface area contributed by atoms with Crippen LogP contribution >= 0.6 is 11.3 Å². The molecule has 1 aromatic rings. The fourth-order valence-corrected chi connectivity index (χ4v) is 1.44. The number of hydrogen-bond acceptors (Lipinski definition) is 3. The number of aromatic nitrogens is 1. The van der Waals surface area contributed by atoms with Crippen LogP contribution in [-0.2, 0) is 6.18 Å². The Labute approximate surface area is 70.3 Å². The summed E-state index contributed by atoms with van der Waals surface area (Å²) in [6, 6.07) is 1.57. The van der Waals surface area contributed by atoms with E-state index in [1.807, 2.05) is 0 Å². The Kier molecular flexibility index (Phi) is 2.06. The zero-order valence-electron chi connectivity index (χ0n) is 5.94. The normalized spacial score (nSPS) is 11.2. The molecule has 0 radical (unpaired) electrons. The third-order valence-corrected chi connectivity index (χ3v) is 2.04. The first-order valence-electron chi connectivity index (χ1n) is 2.90. The van der Waals surface area contributed by atoms with Crippen LogP contribution in [0.25, 0.3) is 0 Å². The fraction of sp³-hybridized carbons (Fsp3) is 0.333. The molecular weight excluding hydrogens is 189 g/mol. The molecule has 12 heavy (non-hydrogen) atoms. The molecule has 6 heteroatoms. The van der Waals surface area contributed by atoms with E-state index in [0.717, 1.165) is 11.3 Å². The lowest BCUT2D eigenvalue weighted by molar-refractivity contribution is -0.141. The number of nitriles is 1. The van der Waals surface area contributed by atoms with Gasteiger partial charge in [-0.05, 0) is 6.92 Å². The van der Waals surface area contributed by atoms with E-state index in [-0.39, 0.29) is 9.88 Å². The minimum atomic E-state index is -4.45. The lowest BCUT2D eigenvalue weighted by atomic mass is 10.4. The molecular formula is C6H3F3N2S. The monoisotopic (exact) mass is 192 g/mol. The van der Waals surface area contributed by atoms with Gasteiger partial charge < -0.3 is 0 Å².